The van der Waals surface area contributed by atoms with E-state index in [-0.39, 0.29) is 119 Å². The summed E-state index contributed by atoms with van der Waals surface area (Å²) in [7, 11) is -12.2. The van der Waals surface area contributed by atoms with Gasteiger partial charge in [-0.2, -0.15) is 0 Å². The molecule has 1 aliphatic rings. The molecule has 0 saturated carbocycles. The number of unbranched alkanes of at least 4 members (excludes halogenated alkanes) is 30. The molecular formula is C108H174N3O18P3. The molecule has 7 rings (SSSR count). The molecule has 1 heterocycles. The second-order valence-electron chi connectivity index (χ2n) is 34.5. The zero-order valence-corrected chi connectivity index (χ0v) is 85.2. The highest BCUT2D eigenvalue weighted by molar-refractivity contribution is 7.78. The van der Waals surface area contributed by atoms with Gasteiger partial charge in [0, 0.05) is 0 Å². The van der Waals surface area contributed by atoms with Crippen LogP contribution in [-0.2, 0) is 94.1 Å². The molecule has 0 aromatic heterocycles. The van der Waals surface area contributed by atoms with Crippen molar-refractivity contribution in [2.75, 3.05) is 159 Å². The predicted molar refractivity (Wildman–Crippen MR) is 543 cm³/mol. The maximum Gasteiger partial charge on any atom is 0.349 e. The highest BCUT2D eigenvalue weighted by atomic mass is 31.3. The lowest BCUT2D eigenvalue weighted by molar-refractivity contribution is 0.0574. The smallest absolute Gasteiger partial charge is 0.349 e. The van der Waals surface area contributed by atoms with Crippen molar-refractivity contribution >= 4 is 23.0 Å². The van der Waals surface area contributed by atoms with Gasteiger partial charge >= 0.3 is 23.0 Å². The molecule has 24 heteroatoms. The van der Waals surface area contributed by atoms with Crippen LogP contribution in [0.5, 0.6) is 34.5 Å². The molecule has 0 atom stereocenters. The molecule has 0 N–H and O–H groups in total. The van der Waals surface area contributed by atoms with Crippen LogP contribution in [0.15, 0.2) is 159 Å². The Kier molecular flexibility index (Phi) is 65.5. The molecule has 21 nitrogen and oxygen atoms in total. The van der Waals surface area contributed by atoms with Crippen LogP contribution >= 0.6 is 23.0 Å². The van der Waals surface area contributed by atoms with Crippen LogP contribution in [-0.4, -0.2) is 159 Å². The summed E-state index contributed by atoms with van der Waals surface area (Å²) >= 11 is 0. The first-order valence-corrected chi connectivity index (χ1v) is 56.3. The number of rotatable bonds is 90. The van der Waals surface area contributed by atoms with Gasteiger partial charge in [0.25, 0.3) is 0 Å². The lowest BCUT2D eigenvalue weighted by atomic mass is 10.0. The minimum absolute atomic E-state index is 0.0355. The van der Waals surface area contributed by atoms with Gasteiger partial charge in [0.15, 0.2) is 0 Å². The van der Waals surface area contributed by atoms with E-state index in [9.17, 15) is 0 Å². The van der Waals surface area contributed by atoms with E-state index < -0.39 is 23.0 Å². The summed E-state index contributed by atoms with van der Waals surface area (Å²) in [5, 5.41) is 0. The standard InChI is InChI=1S/C108H174N3O18P3/c1-7-13-19-25-31-37-43-97-49-61-103(62-50-97)118-85-73-112-79-91-124-130(125-92-80-113-74-86-119-104-63-51-98(52-64-104)44-38-32-26-20-14-8-2)109-131(126-93-81-114-75-87-120-105-65-53-99(54-66-105)45-39-33-27-21-15-9-3,127-94-82-115-76-88-121-106-67-55-100(56-68-106)46-40-34-28-22-16-10-4)111-132(110-130,128-95-83-116-77-89-122-107-69-57-101(58-70-107)47-41-35-29-23-17-11-5)129-96-84-117-78-90-123-108-71-59-102(60-72-108)48-42-36-30-24-18-12-6/h49-72H,7-48,73-96H2,1-6H3. The topological polar surface area (TPSA) is 203 Å². The molecule has 0 radical (unpaired) electrons. The Morgan fingerprint density at radius 2 is 0.280 bits per heavy atom. The lowest BCUT2D eigenvalue weighted by Crippen LogP contribution is -2.16. The van der Waals surface area contributed by atoms with Crippen LogP contribution < -0.4 is 28.4 Å². The first-order valence-electron chi connectivity index (χ1n) is 51.7. The van der Waals surface area contributed by atoms with E-state index in [2.05, 4.69) is 114 Å². The number of nitrogens with zero attached hydrogens (tertiary/aromatic N) is 3. The molecule has 744 valence electrons. The van der Waals surface area contributed by atoms with Gasteiger partial charge in [0.2, 0.25) is 0 Å². The highest BCUT2D eigenvalue weighted by Gasteiger charge is 2.43. The van der Waals surface area contributed by atoms with E-state index in [1.54, 1.807) is 0 Å². The second kappa shape index (κ2) is 76.3. The number of aryl methyl sites for hydroxylation is 6. The van der Waals surface area contributed by atoms with Crippen LogP contribution in [0.2, 0.25) is 0 Å². The Balaban J connectivity index is 1.15. The molecule has 0 amide bonds. The molecule has 6 aromatic carbocycles. The van der Waals surface area contributed by atoms with Crippen molar-refractivity contribution in [1.82, 2.24) is 0 Å². The van der Waals surface area contributed by atoms with Crippen molar-refractivity contribution in [1.29, 1.82) is 0 Å². The Labute approximate surface area is 799 Å². The Bertz CT molecular complexity index is 3240. The van der Waals surface area contributed by atoms with Crippen molar-refractivity contribution in [3.63, 3.8) is 0 Å². The van der Waals surface area contributed by atoms with Gasteiger partial charge in [-0.3, -0.25) is 0 Å². The largest absolute Gasteiger partial charge is 0.491 e. The number of hydrogen-bond donors (Lipinski definition) is 0. The minimum Gasteiger partial charge on any atom is -0.491 e. The monoisotopic (exact) mass is 1890 g/mol. The van der Waals surface area contributed by atoms with Gasteiger partial charge in [-0.1, -0.05) is 307 Å². The summed E-state index contributed by atoms with van der Waals surface area (Å²) in [4.78, 5) is 0. The van der Waals surface area contributed by atoms with E-state index in [1.807, 2.05) is 72.8 Å². The third-order valence-corrected chi connectivity index (χ3v) is 31.6. The zero-order chi connectivity index (χ0) is 92.9. The van der Waals surface area contributed by atoms with Crippen LogP contribution in [0.4, 0.5) is 0 Å². The highest BCUT2D eigenvalue weighted by Crippen LogP contribution is 2.80. The Hall–Kier alpha value is -5.67. The number of benzene rings is 6. The van der Waals surface area contributed by atoms with Gasteiger partial charge < -0.3 is 84.0 Å². The van der Waals surface area contributed by atoms with Gasteiger partial charge in [-0.05, 0) is 183 Å². The summed E-state index contributed by atoms with van der Waals surface area (Å²) in [6.07, 6.45) is 51.6. The minimum atomic E-state index is -4.06. The van der Waals surface area contributed by atoms with E-state index in [0.29, 0.717) is 39.6 Å². The zero-order valence-electron chi connectivity index (χ0n) is 82.6. The van der Waals surface area contributed by atoms with E-state index in [4.69, 9.17) is 97.5 Å². The lowest BCUT2D eigenvalue weighted by Gasteiger charge is -2.33. The fraction of sp³-hybridized carbons (Fsp3) is 0.667. The molecule has 0 saturated heterocycles. The molecule has 0 spiro atoms. The fourth-order valence-electron chi connectivity index (χ4n) is 15.3. The summed E-state index contributed by atoms with van der Waals surface area (Å²) in [6.45, 7) is 17.5. The first kappa shape index (κ1) is 113. The summed E-state index contributed by atoms with van der Waals surface area (Å²) < 4.78 is 134. The predicted octanol–water partition coefficient (Wildman–Crippen LogP) is 29.9. The first-order chi connectivity index (χ1) is 65.2. The van der Waals surface area contributed by atoms with Crippen LogP contribution in [0.25, 0.3) is 0 Å². The van der Waals surface area contributed by atoms with Crippen molar-refractivity contribution in [2.45, 2.75) is 311 Å². The molecule has 0 aliphatic carbocycles. The molecule has 6 aromatic rings. The summed E-state index contributed by atoms with van der Waals surface area (Å²) in [5.41, 5.74) is 7.84. The Morgan fingerprint density at radius 1 is 0.152 bits per heavy atom. The molecule has 0 fully saturated rings. The maximum atomic E-state index is 7.04. The van der Waals surface area contributed by atoms with Crippen molar-refractivity contribution < 1.29 is 84.0 Å². The van der Waals surface area contributed by atoms with E-state index >= 15 is 0 Å². The van der Waals surface area contributed by atoms with Gasteiger partial charge in [-0.25, -0.2) is 0 Å². The van der Waals surface area contributed by atoms with Crippen LogP contribution in [0.1, 0.15) is 306 Å². The van der Waals surface area contributed by atoms with E-state index in [1.165, 1.54) is 265 Å². The quantitative estimate of drug-likeness (QED) is 0.0257. The molecule has 1 aliphatic heterocycles. The average Bonchev–Trinajstić information content (AvgIpc) is 0.744. The number of hydrogen-bond acceptors (Lipinski definition) is 21. The fourth-order valence-corrected chi connectivity index (χ4v) is 24.7. The third-order valence-electron chi connectivity index (χ3n) is 23.0. The summed E-state index contributed by atoms with van der Waals surface area (Å²) in [5.74, 6) is 4.66. The van der Waals surface area contributed by atoms with Gasteiger partial charge in [0.05, 0.1) is 119 Å². The number of ether oxygens (including phenoxy) is 12. The second-order valence-corrected chi connectivity index (χ2v) is 41.1. The van der Waals surface area contributed by atoms with Gasteiger partial charge in [0.1, 0.15) is 74.1 Å². The van der Waals surface area contributed by atoms with Crippen molar-refractivity contribution in [3.8, 4) is 34.5 Å². The van der Waals surface area contributed by atoms with Crippen LogP contribution in [0.3, 0.4) is 0 Å². The summed E-state index contributed by atoms with van der Waals surface area (Å²) in [6, 6.07) is 50.4. The SMILES string of the molecule is CCCCCCCCc1ccc(OCCOCCOP2(OCCOCCOc3ccc(CCCCCCCC)cc3)=NP(OCCOCCOc3ccc(CCCCCCCC)cc3)(OCCOCCOc3ccc(CCCCCCCC)cc3)=NP(OCCOCCOc3ccc(CCCCCCCC)cc3)(OCCOCCOc3ccc(CCCCCCCC)cc3)=N2)cc1. The molecular weight excluding hydrogens is 1720 g/mol. The molecule has 0 unspecified atom stereocenters. The Morgan fingerprint density at radius 3 is 0.424 bits per heavy atom. The van der Waals surface area contributed by atoms with Gasteiger partial charge in [-0.15, -0.1) is 13.5 Å². The van der Waals surface area contributed by atoms with Crippen molar-refractivity contribution in [3.05, 3.63) is 179 Å². The molecule has 132 heavy (non-hydrogen) atoms. The normalized spacial score (nSPS) is 13.2. The molecule has 0 bridgehead atoms. The average molecular weight is 1900 g/mol. The maximum absolute atomic E-state index is 7.04. The van der Waals surface area contributed by atoms with Crippen LogP contribution in [0, 0.1) is 0 Å². The van der Waals surface area contributed by atoms with Crippen molar-refractivity contribution in [2.24, 2.45) is 13.5 Å². The van der Waals surface area contributed by atoms with E-state index in [0.717, 1.165) is 73.0 Å². The third kappa shape index (κ3) is 54.5.